The summed E-state index contributed by atoms with van der Waals surface area (Å²) in [5.41, 5.74) is 3.60. The molecule has 0 saturated heterocycles. The second-order valence-electron chi connectivity index (χ2n) is 8.28. The lowest BCUT2D eigenvalue weighted by molar-refractivity contribution is -0.137. The summed E-state index contributed by atoms with van der Waals surface area (Å²) in [4.78, 5) is 26.1. The van der Waals surface area contributed by atoms with Gasteiger partial charge in [0.05, 0.1) is 7.11 Å². The molecule has 7 heteroatoms. The number of aliphatic carboxylic acids is 1. The summed E-state index contributed by atoms with van der Waals surface area (Å²) in [5, 5.41) is 10.1. The quantitative estimate of drug-likeness (QED) is 0.609. The van der Waals surface area contributed by atoms with Gasteiger partial charge < -0.3 is 19.3 Å². The molecule has 0 fully saturated rings. The maximum absolute atomic E-state index is 14.0. The molecule has 0 spiro atoms. The minimum Gasteiger partial charge on any atom is -0.496 e. The van der Waals surface area contributed by atoms with Crippen LogP contribution in [0.5, 0.6) is 5.75 Å². The van der Waals surface area contributed by atoms with E-state index in [0.29, 0.717) is 25.7 Å². The van der Waals surface area contributed by atoms with Crippen LogP contribution in [0.1, 0.15) is 29.7 Å². The third-order valence-electron chi connectivity index (χ3n) is 6.44. The van der Waals surface area contributed by atoms with Crippen molar-refractivity contribution in [2.45, 2.75) is 44.7 Å². The van der Waals surface area contributed by atoms with Crippen LogP contribution in [-0.4, -0.2) is 46.6 Å². The van der Waals surface area contributed by atoms with Crippen molar-refractivity contribution in [2.24, 2.45) is 0 Å². The maximum atomic E-state index is 14.0. The molecule has 4 rings (SSSR count). The Labute approximate surface area is 186 Å². The van der Waals surface area contributed by atoms with Crippen molar-refractivity contribution in [3.63, 3.8) is 0 Å². The number of aromatic nitrogens is 1. The fraction of sp³-hybridized carbons (Fsp3) is 0.360. The van der Waals surface area contributed by atoms with Crippen LogP contribution >= 0.6 is 0 Å². The van der Waals surface area contributed by atoms with Gasteiger partial charge in [0.1, 0.15) is 18.1 Å². The van der Waals surface area contributed by atoms with Crippen LogP contribution in [-0.2, 0) is 35.4 Å². The van der Waals surface area contributed by atoms with E-state index in [2.05, 4.69) is 0 Å². The Hall–Kier alpha value is -3.35. The Morgan fingerprint density at radius 1 is 1.25 bits per heavy atom. The Bertz CT molecular complexity index is 1170. The van der Waals surface area contributed by atoms with Gasteiger partial charge in [0, 0.05) is 36.1 Å². The van der Waals surface area contributed by atoms with E-state index in [1.165, 1.54) is 12.1 Å². The van der Waals surface area contributed by atoms with Crippen LogP contribution in [0, 0.1) is 5.82 Å². The van der Waals surface area contributed by atoms with Gasteiger partial charge in [-0.25, -0.2) is 4.39 Å². The van der Waals surface area contributed by atoms with Crippen molar-refractivity contribution in [3.05, 3.63) is 65.1 Å². The minimum absolute atomic E-state index is 0.0141. The summed E-state index contributed by atoms with van der Waals surface area (Å²) in [7, 11) is 3.44. The van der Waals surface area contributed by atoms with Crippen LogP contribution in [0.3, 0.4) is 0 Å². The van der Waals surface area contributed by atoms with E-state index in [0.717, 1.165) is 39.9 Å². The zero-order chi connectivity index (χ0) is 22.8. The van der Waals surface area contributed by atoms with E-state index in [9.17, 15) is 19.1 Å². The molecule has 1 amide bonds. The van der Waals surface area contributed by atoms with Gasteiger partial charge in [0.25, 0.3) is 0 Å². The molecule has 32 heavy (non-hydrogen) atoms. The third kappa shape index (κ3) is 4.20. The lowest BCUT2D eigenvalue weighted by Crippen LogP contribution is -2.41. The topological polar surface area (TPSA) is 71.8 Å². The molecule has 0 radical (unpaired) electrons. The maximum Gasteiger partial charge on any atom is 0.323 e. The first kappa shape index (κ1) is 21.9. The Kier molecular flexibility index (Phi) is 6.17. The Balaban J connectivity index is 1.53. The predicted octanol–water partition coefficient (Wildman–Crippen LogP) is 3.82. The fourth-order valence-corrected chi connectivity index (χ4v) is 4.78. The van der Waals surface area contributed by atoms with Crippen LogP contribution in [0.15, 0.2) is 42.5 Å². The number of carbonyl (C=O) groups excluding carboxylic acids is 1. The zero-order valence-electron chi connectivity index (χ0n) is 18.3. The molecule has 168 valence electrons. The van der Waals surface area contributed by atoms with E-state index in [1.54, 1.807) is 22.6 Å². The van der Waals surface area contributed by atoms with Gasteiger partial charge in [-0.05, 0) is 61.1 Å². The van der Waals surface area contributed by atoms with Gasteiger partial charge in [-0.2, -0.15) is 0 Å². The highest BCUT2D eigenvalue weighted by atomic mass is 19.1. The molecule has 1 aromatic heterocycles. The monoisotopic (exact) mass is 438 g/mol. The number of methoxy groups -OCH3 is 1. The molecule has 1 atom stereocenters. The summed E-state index contributed by atoms with van der Waals surface area (Å²) in [6.45, 7) is -0.157. The summed E-state index contributed by atoms with van der Waals surface area (Å²) < 4.78 is 21.1. The van der Waals surface area contributed by atoms with E-state index in [1.807, 2.05) is 31.3 Å². The van der Waals surface area contributed by atoms with Gasteiger partial charge >= 0.3 is 5.97 Å². The van der Waals surface area contributed by atoms with Crippen LogP contribution in [0.25, 0.3) is 10.9 Å². The van der Waals surface area contributed by atoms with Crippen molar-refractivity contribution >= 4 is 22.8 Å². The smallest absolute Gasteiger partial charge is 0.323 e. The molecule has 1 aliphatic carbocycles. The molecule has 0 aliphatic heterocycles. The molecule has 6 nitrogen and oxygen atoms in total. The number of carboxylic acids is 1. The number of halogens is 1. The lowest BCUT2D eigenvalue weighted by atomic mass is 9.90. The van der Waals surface area contributed by atoms with Gasteiger partial charge in [-0.3, -0.25) is 9.59 Å². The number of carbonyl (C=O) groups is 2. The van der Waals surface area contributed by atoms with Crippen molar-refractivity contribution in [3.8, 4) is 5.75 Å². The summed E-state index contributed by atoms with van der Waals surface area (Å²) in [6, 6.07) is 12.1. The first-order valence-corrected chi connectivity index (χ1v) is 10.8. The molecule has 1 heterocycles. The second-order valence-corrected chi connectivity index (χ2v) is 8.28. The van der Waals surface area contributed by atoms with Crippen LogP contribution in [0.4, 0.5) is 4.39 Å². The highest BCUT2D eigenvalue weighted by molar-refractivity contribution is 5.87. The molecular weight excluding hydrogens is 411 g/mol. The third-order valence-corrected chi connectivity index (χ3v) is 6.44. The van der Waals surface area contributed by atoms with Gasteiger partial charge in [-0.1, -0.05) is 18.2 Å². The molecule has 3 aromatic rings. The average Bonchev–Trinajstić information content (AvgIpc) is 3.08. The highest BCUT2D eigenvalue weighted by Gasteiger charge is 2.30. The Morgan fingerprint density at radius 2 is 2.03 bits per heavy atom. The summed E-state index contributed by atoms with van der Waals surface area (Å²) in [5.74, 6) is -0.459. The molecule has 1 N–H and O–H groups in total. The molecular formula is C25H27FN2O4. The number of likely N-dealkylation sites (N-methyl/N-ethyl adjacent to an activating group) is 1. The van der Waals surface area contributed by atoms with E-state index < -0.39 is 5.97 Å². The van der Waals surface area contributed by atoms with E-state index >= 15 is 0 Å². The Morgan fingerprint density at radius 3 is 2.78 bits per heavy atom. The van der Waals surface area contributed by atoms with E-state index in [4.69, 9.17) is 4.74 Å². The molecule has 0 bridgehead atoms. The van der Waals surface area contributed by atoms with Gasteiger partial charge in [0.2, 0.25) is 5.91 Å². The first-order chi connectivity index (χ1) is 15.4. The van der Waals surface area contributed by atoms with Gasteiger partial charge in [0.15, 0.2) is 0 Å². The average molecular weight is 438 g/mol. The fourth-order valence-electron chi connectivity index (χ4n) is 4.78. The second kappa shape index (κ2) is 9.02. The number of amides is 1. The number of carboxylic acid groups (broad SMARTS) is 1. The number of aryl methyl sites for hydroxylation is 1. The number of para-hydroxylation sites is 1. The van der Waals surface area contributed by atoms with Crippen LogP contribution in [0.2, 0.25) is 0 Å². The molecule has 1 unspecified atom stereocenters. The highest BCUT2D eigenvalue weighted by Crippen LogP contribution is 2.34. The zero-order valence-corrected chi connectivity index (χ0v) is 18.3. The normalized spacial score (nSPS) is 15.4. The van der Waals surface area contributed by atoms with E-state index in [-0.39, 0.29) is 24.3 Å². The first-order valence-electron chi connectivity index (χ1n) is 10.8. The van der Waals surface area contributed by atoms with Crippen molar-refractivity contribution in [1.82, 2.24) is 9.47 Å². The van der Waals surface area contributed by atoms with Gasteiger partial charge in [-0.15, -0.1) is 0 Å². The van der Waals surface area contributed by atoms with Crippen molar-refractivity contribution in [1.29, 1.82) is 0 Å². The van der Waals surface area contributed by atoms with Crippen LogP contribution < -0.4 is 4.74 Å². The standard InChI is InChI=1S/C25H27FN2O4/c1-27(24(29)12-7-16-5-3-4-6-23(16)32-2)18-9-11-22-20(14-18)19-13-17(26)8-10-21(19)28(22)15-25(30)31/h3-6,8,10,13,18H,7,9,11-12,14-15H2,1-2H3,(H,30,31). The number of fused-ring (bicyclic) bond motifs is 3. The molecule has 2 aromatic carbocycles. The number of hydrogen-bond donors (Lipinski definition) is 1. The number of ether oxygens (including phenoxy) is 1. The number of rotatable bonds is 7. The summed E-state index contributed by atoms with van der Waals surface area (Å²) >= 11 is 0. The molecule has 1 aliphatic rings. The molecule has 0 saturated carbocycles. The predicted molar refractivity (Wildman–Crippen MR) is 119 cm³/mol. The summed E-state index contributed by atoms with van der Waals surface area (Å²) in [6.07, 6.45) is 2.93. The minimum atomic E-state index is -0.931. The number of benzene rings is 2. The van der Waals surface area contributed by atoms with Crippen molar-refractivity contribution in [2.75, 3.05) is 14.2 Å². The SMILES string of the molecule is COc1ccccc1CCC(=O)N(C)C1CCc2c(c3cc(F)ccc3n2CC(=O)O)C1. The largest absolute Gasteiger partial charge is 0.496 e. The van der Waals surface area contributed by atoms with Crippen molar-refractivity contribution < 1.29 is 23.8 Å². The lowest BCUT2D eigenvalue weighted by Gasteiger charge is -2.32. The number of hydrogen-bond acceptors (Lipinski definition) is 3. The number of nitrogens with zero attached hydrogens (tertiary/aromatic N) is 2.